The fourth-order valence-electron chi connectivity index (χ4n) is 4.73. The molecule has 0 unspecified atom stereocenters. The smallest absolute Gasteiger partial charge is 0.411 e. The summed E-state index contributed by atoms with van der Waals surface area (Å²) in [5, 5.41) is 3.63. The number of hydrogen-bond donors (Lipinski definition) is 1. The lowest BCUT2D eigenvalue weighted by Crippen LogP contribution is -2.53. The molecule has 204 valence electrons. The van der Waals surface area contributed by atoms with Gasteiger partial charge in [0.1, 0.15) is 34.8 Å². The van der Waals surface area contributed by atoms with Gasteiger partial charge in [-0.15, -0.1) is 6.58 Å². The van der Waals surface area contributed by atoms with Crippen LogP contribution in [0.15, 0.2) is 43.1 Å². The molecule has 0 bridgehead atoms. The minimum Gasteiger partial charge on any atom is -0.497 e. The van der Waals surface area contributed by atoms with Crippen molar-refractivity contribution in [3.63, 3.8) is 0 Å². The van der Waals surface area contributed by atoms with Crippen LogP contribution < -0.4 is 14.8 Å². The van der Waals surface area contributed by atoms with Gasteiger partial charge in [-0.05, 0) is 52.3 Å². The van der Waals surface area contributed by atoms with Crippen LogP contribution in [-0.4, -0.2) is 71.4 Å². The van der Waals surface area contributed by atoms with Crippen molar-refractivity contribution >= 4 is 28.9 Å². The third-order valence-corrected chi connectivity index (χ3v) is 6.68. The molecular formula is C28H35N3O7. The third kappa shape index (κ3) is 5.54. The van der Waals surface area contributed by atoms with Crippen molar-refractivity contribution < 1.29 is 33.3 Å². The van der Waals surface area contributed by atoms with E-state index < -0.39 is 41.3 Å². The normalized spacial score (nSPS) is 24.4. The van der Waals surface area contributed by atoms with E-state index in [2.05, 4.69) is 16.9 Å². The molecule has 2 heterocycles. The third-order valence-electron chi connectivity index (χ3n) is 6.68. The van der Waals surface area contributed by atoms with Gasteiger partial charge in [0, 0.05) is 30.0 Å². The number of carbonyl (C=O) groups is 3. The molecule has 2 aliphatic rings. The van der Waals surface area contributed by atoms with E-state index in [9.17, 15) is 14.4 Å². The van der Waals surface area contributed by atoms with E-state index in [1.165, 1.54) is 4.90 Å². The lowest BCUT2D eigenvalue weighted by atomic mass is 10.1. The first-order valence-electron chi connectivity index (χ1n) is 12.7. The van der Waals surface area contributed by atoms with Crippen LogP contribution in [0.1, 0.15) is 40.5 Å². The Labute approximate surface area is 222 Å². The quantitative estimate of drug-likeness (QED) is 0.410. The molecule has 4 rings (SSSR count). The maximum atomic E-state index is 13.6. The Hall–Kier alpha value is -3.82. The summed E-state index contributed by atoms with van der Waals surface area (Å²) in [6.07, 6.45) is 2.74. The van der Waals surface area contributed by atoms with Crippen LogP contribution >= 0.6 is 0 Å². The van der Waals surface area contributed by atoms with Gasteiger partial charge in [-0.1, -0.05) is 6.08 Å². The number of rotatable bonds is 8. The monoisotopic (exact) mass is 525 g/mol. The van der Waals surface area contributed by atoms with Crippen LogP contribution in [-0.2, 0) is 19.1 Å². The summed E-state index contributed by atoms with van der Waals surface area (Å²) >= 11 is 0. The Morgan fingerprint density at radius 1 is 1.26 bits per heavy atom. The van der Waals surface area contributed by atoms with Crippen LogP contribution in [0.3, 0.4) is 0 Å². The van der Waals surface area contributed by atoms with Gasteiger partial charge in [0.2, 0.25) is 5.91 Å². The Kier molecular flexibility index (Phi) is 7.53. The molecule has 38 heavy (non-hydrogen) atoms. The highest BCUT2D eigenvalue weighted by molar-refractivity contribution is 5.95. The van der Waals surface area contributed by atoms with Crippen LogP contribution in [0, 0.1) is 5.92 Å². The molecule has 10 nitrogen and oxygen atoms in total. The van der Waals surface area contributed by atoms with E-state index in [1.807, 2.05) is 12.1 Å². The van der Waals surface area contributed by atoms with Gasteiger partial charge in [-0.25, -0.2) is 9.59 Å². The van der Waals surface area contributed by atoms with Gasteiger partial charge in [-0.2, -0.15) is 0 Å². The van der Waals surface area contributed by atoms with Crippen molar-refractivity contribution in [3.8, 4) is 11.5 Å². The number of nitrogens with one attached hydrogen (secondary N) is 1. The summed E-state index contributed by atoms with van der Waals surface area (Å²) in [5.74, 6) is 0.0263. The maximum absolute atomic E-state index is 13.6. The molecule has 1 saturated heterocycles. The Balaban J connectivity index is 1.57. The highest BCUT2D eigenvalue weighted by atomic mass is 16.6. The second kappa shape index (κ2) is 10.5. The Bertz CT molecular complexity index is 1240. The topological polar surface area (TPSA) is 116 Å². The second-order valence-electron chi connectivity index (χ2n) is 10.5. The van der Waals surface area contributed by atoms with Gasteiger partial charge in [0.05, 0.1) is 25.8 Å². The predicted molar refractivity (Wildman–Crippen MR) is 140 cm³/mol. The molecule has 1 aliphatic carbocycles. The van der Waals surface area contributed by atoms with E-state index in [0.29, 0.717) is 23.4 Å². The second-order valence-corrected chi connectivity index (χ2v) is 10.5. The van der Waals surface area contributed by atoms with Gasteiger partial charge in [0.25, 0.3) is 0 Å². The standard InChI is InChI=1S/C28H35N3O7/c1-7-17-15-28(17,25(33)36-8-2)30-24(32)22-14-19(16-31(22)26(34)38-27(3,4)5)37-23-11-12-29-21-13-18(35-6)9-10-20(21)23/h7,9-13,17,19,22H,1,8,14-16H2,2-6H3,(H,30,32)/t17-,19-,22+,28-/m1/s1. The minimum atomic E-state index is -1.17. The number of hydrogen-bond acceptors (Lipinski definition) is 8. The fourth-order valence-corrected chi connectivity index (χ4v) is 4.73. The summed E-state index contributed by atoms with van der Waals surface area (Å²) in [6, 6.07) is 6.32. The maximum Gasteiger partial charge on any atom is 0.411 e. The fraction of sp³-hybridized carbons (Fsp3) is 0.500. The molecule has 0 radical (unpaired) electrons. The van der Waals surface area contributed by atoms with Crippen molar-refractivity contribution in [3.05, 3.63) is 43.1 Å². The van der Waals surface area contributed by atoms with Crippen LogP contribution in [0.2, 0.25) is 0 Å². The SMILES string of the molecule is C=C[C@@H]1C[C@]1(NC(=O)[C@@H]1C[C@@H](Oc2ccnc3cc(OC)ccc23)CN1C(=O)OC(C)(C)C)C(=O)OCC. The van der Waals surface area contributed by atoms with Crippen molar-refractivity contribution in [2.24, 2.45) is 5.92 Å². The first kappa shape index (κ1) is 27.2. The summed E-state index contributed by atoms with van der Waals surface area (Å²) in [6.45, 7) is 11.1. The number of likely N-dealkylation sites (tertiary alicyclic amines) is 1. The molecule has 4 atom stereocenters. The summed E-state index contributed by atoms with van der Waals surface area (Å²) < 4.78 is 22.4. The summed E-state index contributed by atoms with van der Waals surface area (Å²) in [4.78, 5) is 45.1. The zero-order valence-electron chi connectivity index (χ0n) is 22.5. The van der Waals surface area contributed by atoms with Crippen molar-refractivity contribution in [2.45, 2.75) is 63.8 Å². The van der Waals surface area contributed by atoms with E-state index in [-0.39, 0.29) is 25.5 Å². The van der Waals surface area contributed by atoms with Gasteiger partial charge >= 0.3 is 12.1 Å². The number of esters is 1. The molecule has 1 aliphatic heterocycles. The number of aromatic nitrogens is 1. The van der Waals surface area contributed by atoms with Crippen LogP contribution in [0.5, 0.6) is 11.5 Å². The van der Waals surface area contributed by atoms with E-state index in [4.69, 9.17) is 18.9 Å². The summed E-state index contributed by atoms with van der Waals surface area (Å²) in [7, 11) is 1.58. The number of fused-ring (bicyclic) bond motifs is 1. The number of pyridine rings is 1. The number of nitrogens with zero attached hydrogens (tertiary/aromatic N) is 2. The molecule has 0 spiro atoms. The number of amides is 2. The predicted octanol–water partition coefficient (Wildman–Crippen LogP) is 3.62. The first-order valence-corrected chi connectivity index (χ1v) is 12.7. The molecular weight excluding hydrogens is 490 g/mol. The lowest BCUT2D eigenvalue weighted by Gasteiger charge is -2.28. The summed E-state index contributed by atoms with van der Waals surface area (Å²) in [5.41, 5.74) is -1.24. The van der Waals surface area contributed by atoms with Gasteiger partial charge < -0.3 is 24.3 Å². The lowest BCUT2D eigenvalue weighted by molar-refractivity contribution is -0.149. The average molecular weight is 526 g/mol. The molecule has 1 aromatic carbocycles. The van der Waals surface area contributed by atoms with E-state index >= 15 is 0 Å². The number of ether oxygens (including phenoxy) is 4. The molecule has 10 heteroatoms. The number of carbonyl (C=O) groups excluding carboxylic acids is 3. The highest BCUT2D eigenvalue weighted by Gasteiger charge is 2.62. The number of methoxy groups -OCH3 is 1. The molecule has 1 saturated carbocycles. The Morgan fingerprint density at radius 2 is 2.03 bits per heavy atom. The average Bonchev–Trinajstić information content (AvgIpc) is 3.42. The van der Waals surface area contributed by atoms with Crippen LogP contribution in [0.4, 0.5) is 4.79 Å². The molecule has 2 fully saturated rings. The van der Waals surface area contributed by atoms with Gasteiger partial charge in [0.15, 0.2) is 0 Å². The van der Waals surface area contributed by atoms with E-state index in [1.54, 1.807) is 59.2 Å². The minimum absolute atomic E-state index is 0.129. The van der Waals surface area contributed by atoms with Crippen molar-refractivity contribution in [1.82, 2.24) is 15.2 Å². The molecule has 1 N–H and O–H groups in total. The zero-order chi connectivity index (χ0) is 27.7. The van der Waals surface area contributed by atoms with Crippen LogP contribution in [0.25, 0.3) is 10.9 Å². The molecule has 2 aromatic rings. The molecule has 1 aromatic heterocycles. The van der Waals surface area contributed by atoms with E-state index in [0.717, 1.165) is 5.39 Å². The van der Waals surface area contributed by atoms with Crippen molar-refractivity contribution in [1.29, 1.82) is 0 Å². The zero-order valence-corrected chi connectivity index (χ0v) is 22.5. The number of benzene rings is 1. The first-order chi connectivity index (χ1) is 18.0. The molecule has 2 amide bonds. The Morgan fingerprint density at radius 3 is 2.66 bits per heavy atom. The van der Waals surface area contributed by atoms with Gasteiger partial charge in [-0.3, -0.25) is 14.7 Å². The van der Waals surface area contributed by atoms with Crippen molar-refractivity contribution in [2.75, 3.05) is 20.3 Å². The highest BCUT2D eigenvalue weighted by Crippen LogP contribution is 2.45. The largest absolute Gasteiger partial charge is 0.497 e.